The van der Waals surface area contributed by atoms with Crippen molar-refractivity contribution in [2.45, 2.75) is 204 Å². The van der Waals surface area contributed by atoms with E-state index in [4.69, 9.17) is 28.4 Å². The average molecular weight is 957 g/mol. The minimum Gasteiger partial charge on any atom is -0.481 e. The van der Waals surface area contributed by atoms with Crippen LogP contribution in [-0.2, 0) is 38.0 Å². The number of carboxylic acid groups (broad SMARTS) is 1. The van der Waals surface area contributed by atoms with E-state index in [9.17, 15) is 65.8 Å². The topological polar surface area (TPSA) is 312 Å². The second-order valence-electron chi connectivity index (χ2n) is 22.7. The molecule has 8 rings (SSSR count). The molecule has 0 radical (unpaired) electrons. The smallest absolute Gasteiger partial charge is 0.314 e. The van der Waals surface area contributed by atoms with Gasteiger partial charge in [0.1, 0.15) is 67.1 Å². The Bertz CT molecular complexity index is 1850. The monoisotopic (exact) mass is 956 g/mol. The van der Waals surface area contributed by atoms with Crippen LogP contribution in [0.2, 0.25) is 0 Å². The van der Waals surface area contributed by atoms with Gasteiger partial charge in [0.15, 0.2) is 12.6 Å². The number of carbonyl (C=O) groups excluding carboxylic acids is 1. The van der Waals surface area contributed by atoms with Crippen molar-refractivity contribution in [2.75, 3.05) is 13.2 Å². The van der Waals surface area contributed by atoms with Crippen LogP contribution in [0.15, 0.2) is 12.2 Å². The molecule has 382 valence electrons. The molecule has 11 N–H and O–H groups in total. The molecule has 3 aliphatic heterocycles. The Morgan fingerprint density at radius 1 is 0.657 bits per heavy atom. The van der Waals surface area contributed by atoms with Gasteiger partial charge >= 0.3 is 11.9 Å². The largest absolute Gasteiger partial charge is 0.481 e. The molecule has 0 aromatic rings. The molecule has 3 heterocycles. The molecule has 5 saturated carbocycles. The SMILES string of the molecule is C=C(C)[C@@H]1CC[C@]2(C(=O)O[C@@H]3O[C@@H](C)[C@H](O[C@@H]4O[C@H](CO[C@@H]5O[C@H](CO)[C@@H](O)[C@H](O)[C@H]5O)[C@@H](O)[C@H](O)[C@H]4O)[C@@H](O)[C@H]3O)CC[C@]3(C)[C@H](CC[C@@H]4[C@@]5(C)CC[C@@H](O)[C@@](C)(C(=O)O)[C@@H]5CC[C@]43C)[C@@H]12. The number of aliphatic carboxylic acids is 1. The van der Waals surface area contributed by atoms with Crippen molar-refractivity contribution in [1.82, 2.24) is 0 Å². The van der Waals surface area contributed by atoms with Crippen molar-refractivity contribution in [3.63, 3.8) is 0 Å². The highest BCUT2D eigenvalue weighted by molar-refractivity contribution is 5.78. The van der Waals surface area contributed by atoms with Crippen molar-refractivity contribution in [1.29, 1.82) is 0 Å². The average Bonchev–Trinajstić information content (AvgIpc) is 3.69. The molecule has 19 nitrogen and oxygen atoms in total. The summed E-state index contributed by atoms with van der Waals surface area (Å²) in [5.74, 6) is -1.46. The maximum Gasteiger partial charge on any atom is 0.314 e. The number of esters is 1. The van der Waals surface area contributed by atoms with Crippen LogP contribution >= 0.6 is 0 Å². The molecule has 0 spiro atoms. The van der Waals surface area contributed by atoms with Crippen molar-refractivity contribution < 1.29 is 94.2 Å². The summed E-state index contributed by atoms with van der Waals surface area (Å²) in [7, 11) is 0. The fourth-order valence-electron chi connectivity index (χ4n) is 15.7. The van der Waals surface area contributed by atoms with Crippen LogP contribution < -0.4 is 0 Å². The van der Waals surface area contributed by atoms with Crippen molar-refractivity contribution in [3.05, 3.63) is 12.2 Å². The van der Waals surface area contributed by atoms with Crippen molar-refractivity contribution in [2.24, 2.45) is 56.7 Å². The molecule has 0 bridgehead atoms. The fraction of sp³-hybridized carbons (Fsp3) is 0.917. The molecule has 8 fully saturated rings. The first-order valence-corrected chi connectivity index (χ1v) is 24.4. The van der Waals surface area contributed by atoms with Crippen LogP contribution in [0.4, 0.5) is 0 Å². The number of hydrogen-bond acceptors (Lipinski definition) is 18. The first kappa shape index (κ1) is 51.4. The minimum absolute atomic E-state index is 0.0195. The van der Waals surface area contributed by atoms with Crippen LogP contribution in [0.3, 0.4) is 0 Å². The Hall–Kier alpha value is -1.92. The maximum absolute atomic E-state index is 14.9. The van der Waals surface area contributed by atoms with Gasteiger partial charge in [0, 0.05) is 0 Å². The zero-order valence-corrected chi connectivity index (χ0v) is 39.5. The Morgan fingerprint density at radius 2 is 1.28 bits per heavy atom. The molecule has 0 amide bonds. The molecule has 5 aliphatic carbocycles. The molecular weight excluding hydrogens is 881 g/mol. The van der Waals surface area contributed by atoms with Gasteiger partial charge in [0.05, 0.1) is 36.3 Å². The summed E-state index contributed by atoms with van der Waals surface area (Å²) in [4.78, 5) is 27.8. The van der Waals surface area contributed by atoms with E-state index in [1.807, 2.05) is 6.92 Å². The van der Waals surface area contributed by atoms with E-state index in [0.29, 0.717) is 25.7 Å². The van der Waals surface area contributed by atoms with Crippen molar-refractivity contribution >= 4 is 11.9 Å². The van der Waals surface area contributed by atoms with E-state index in [-0.39, 0.29) is 45.8 Å². The summed E-state index contributed by atoms with van der Waals surface area (Å²) < 4.78 is 34.8. The third-order valence-corrected chi connectivity index (χ3v) is 19.8. The molecular formula is C48H76O19. The lowest BCUT2D eigenvalue weighted by atomic mass is 9.32. The zero-order chi connectivity index (χ0) is 49.1. The highest BCUT2D eigenvalue weighted by Crippen LogP contribution is 2.77. The number of carboxylic acids is 1. The zero-order valence-electron chi connectivity index (χ0n) is 39.5. The number of aliphatic hydroxyl groups is 10. The summed E-state index contributed by atoms with van der Waals surface area (Å²) >= 11 is 0. The predicted octanol–water partition coefficient (Wildman–Crippen LogP) is 0.0887. The van der Waals surface area contributed by atoms with Crippen LogP contribution in [0.1, 0.15) is 106 Å². The Morgan fingerprint density at radius 3 is 1.93 bits per heavy atom. The first-order valence-electron chi connectivity index (χ1n) is 24.4. The highest BCUT2D eigenvalue weighted by atomic mass is 16.8. The van der Waals surface area contributed by atoms with Crippen molar-refractivity contribution in [3.8, 4) is 0 Å². The number of rotatable bonds is 10. The summed E-state index contributed by atoms with van der Waals surface area (Å²) in [6.45, 7) is 15.3. The second-order valence-corrected chi connectivity index (χ2v) is 22.7. The number of hydrogen-bond donors (Lipinski definition) is 11. The standard InChI is InChI=1S/C48H76O19/c1-20(2)22-10-15-48(17-16-45(5)23(29(22)48)8-9-26-44(4)13-12-28(50)47(7,42(59)60)27(44)11-14-46(26,45)6)43(61)67-40-37(58)34(55)38(21(3)63-40)66-41-36(57)33(54)31(52)25(65-41)19-62-39-35(56)32(53)30(51)24(18-49)64-39/h21-41,49-58H,1,8-19H2,2-7H3,(H,59,60)/t21-,22-,23+,24+,25+,26+,27+,28+,29+,30+,31+,32-,33-,34-,35+,36+,37+,38-,39+,40-,41-,44+,45+,46+,47-,48-/m0/s1. The van der Waals surface area contributed by atoms with Crippen LogP contribution in [0.5, 0.6) is 0 Å². The molecule has 8 aliphatic rings. The summed E-state index contributed by atoms with van der Waals surface area (Å²) in [5, 5.41) is 117. The molecule has 3 saturated heterocycles. The molecule has 0 aromatic carbocycles. The fourth-order valence-corrected chi connectivity index (χ4v) is 15.7. The van der Waals surface area contributed by atoms with E-state index in [2.05, 4.69) is 27.4 Å². The number of allylic oxidation sites excluding steroid dienone is 1. The van der Waals surface area contributed by atoms with Crippen LogP contribution in [0.25, 0.3) is 0 Å². The molecule has 0 aromatic heterocycles. The van der Waals surface area contributed by atoms with E-state index < -0.39 is 134 Å². The minimum atomic E-state index is -1.88. The summed E-state index contributed by atoms with van der Waals surface area (Å²) in [5.41, 5.74) is -1.90. The third kappa shape index (κ3) is 7.79. The molecule has 67 heavy (non-hydrogen) atoms. The quantitative estimate of drug-likeness (QED) is 0.102. The lowest BCUT2D eigenvalue weighted by molar-refractivity contribution is -0.360. The highest BCUT2D eigenvalue weighted by Gasteiger charge is 2.73. The first-order chi connectivity index (χ1) is 31.3. The molecule has 26 atom stereocenters. The Kier molecular flexibility index (Phi) is 14.0. The lowest BCUT2D eigenvalue weighted by Crippen LogP contribution is -2.68. The van der Waals surface area contributed by atoms with E-state index >= 15 is 0 Å². The van der Waals surface area contributed by atoms with Gasteiger partial charge in [0.2, 0.25) is 6.29 Å². The number of aliphatic hydroxyl groups excluding tert-OH is 10. The van der Waals surface area contributed by atoms with Gasteiger partial charge in [-0.25, -0.2) is 0 Å². The summed E-state index contributed by atoms with van der Waals surface area (Å²) in [6, 6.07) is 0. The van der Waals surface area contributed by atoms with Crippen LogP contribution in [-0.4, -0.2) is 180 Å². The maximum atomic E-state index is 14.9. The van der Waals surface area contributed by atoms with E-state index in [0.717, 1.165) is 44.1 Å². The van der Waals surface area contributed by atoms with E-state index in [1.165, 1.54) is 6.92 Å². The van der Waals surface area contributed by atoms with Gasteiger partial charge in [0.25, 0.3) is 0 Å². The predicted molar refractivity (Wildman–Crippen MR) is 231 cm³/mol. The Balaban J connectivity index is 0.958. The number of carbonyl (C=O) groups is 2. The van der Waals surface area contributed by atoms with Gasteiger partial charge in [-0.05, 0) is 131 Å². The van der Waals surface area contributed by atoms with Gasteiger partial charge in [-0.2, -0.15) is 0 Å². The number of ether oxygens (including phenoxy) is 6. The molecule has 0 unspecified atom stereocenters. The van der Waals surface area contributed by atoms with Gasteiger partial charge in [-0.1, -0.05) is 32.9 Å². The second kappa shape index (κ2) is 18.3. The van der Waals surface area contributed by atoms with Gasteiger partial charge < -0.3 is 84.6 Å². The third-order valence-electron chi connectivity index (χ3n) is 19.8. The van der Waals surface area contributed by atoms with Gasteiger partial charge in [-0.15, -0.1) is 0 Å². The summed E-state index contributed by atoms with van der Waals surface area (Å²) in [6.07, 6.45) is -18.5. The van der Waals surface area contributed by atoms with Crippen LogP contribution in [0, 0.1) is 56.7 Å². The Labute approximate surface area is 391 Å². The normalized spacial score (nSPS) is 55.3. The molecule has 19 heteroatoms. The van der Waals surface area contributed by atoms with Gasteiger partial charge in [-0.3, -0.25) is 9.59 Å². The number of fused-ring (bicyclic) bond motifs is 7. The van der Waals surface area contributed by atoms with E-state index in [1.54, 1.807) is 6.92 Å². The lowest BCUT2D eigenvalue weighted by Gasteiger charge is -2.72.